The minimum absolute atomic E-state index is 0.00354. The zero-order valence-electron chi connectivity index (χ0n) is 9.75. The quantitative estimate of drug-likeness (QED) is 0.595. The van der Waals surface area contributed by atoms with Crippen molar-refractivity contribution in [2.45, 2.75) is 12.8 Å². The van der Waals surface area contributed by atoms with E-state index in [-0.39, 0.29) is 16.8 Å². The maximum atomic E-state index is 12.0. The van der Waals surface area contributed by atoms with Crippen LogP contribution in [0.3, 0.4) is 0 Å². The first-order chi connectivity index (χ1) is 8.93. The van der Waals surface area contributed by atoms with Gasteiger partial charge in [-0.1, -0.05) is 6.07 Å². The molecule has 2 rings (SSSR count). The number of carboxylic acids is 1. The number of nitrogens with two attached hydrogens (primary N) is 1. The van der Waals surface area contributed by atoms with E-state index in [1.54, 1.807) is 0 Å². The molecule has 0 aromatic heterocycles. The number of nitrogen functional groups attached to an aromatic ring is 1. The topological polar surface area (TPSA) is 118 Å². The number of hydrogen-bond donors (Lipinski definition) is 2. The molecule has 0 atom stereocenters. The molecule has 7 heteroatoms. The zero-order valence-corrected chi connectivity index (χ0v) is 9.75. The Balaban J connectivity index is 2.30. The number of anilines is 1. The van der Waals surface area contributed by atoms with Gasteiger partial charge in [0, 0.05) is 12.1 Å². The lowest BCUT2D eigenvalue weighted by Gasteiger charge is -2.10. The van der Waals surface area contributed by atoms with Crippen LogP contribution in [0.1, 0.15) is 33.6 Å². The van der Waals surface area contributed by atoms with Gasteiger partial charge in [0.05, 0.1) is 17.5 Å². The molecule has 1 aliphatic rings. The minimum Gasteiger partial charge on any atom is -0.481 e. The van der Waals surface area contributed by atoms with Crippen LogP contribution in [-0.4, -0.2) is 33.7 Å². The van der Waals surface area contributed by atoms with Crippen LogP contribution in [0.5, 0.6) is 0 Å². The Bertz CT molecular complexity index is 608. The molecule has 0 bridgehead atoms. The molecule has 1 heterocycles. The van der Waals surface area contributed by atoms with Crippen LogP contribution < -0.4 is 5.73 Å². The van der Waals surface area contributed by atoms with Gasteiger partial charge in [0.2, 0.25) is 5.91 Å². The first-order valence-electron chi connectivity index (χ1n) is 5.45. The van der Waals surface area contributed by atoms with Gasteiger partial charge in [-0.05, 0) is 12.1 Å². The van der Waals surface area contributed by atoms with Crippen LogP contribution in [0.25, 0.3) is 0 Å². The molecule has 1 aromatic carbocycles. The molecule has 1 aromatic rings. The SMILES string of the molecule is Nc1cccc2c1C(=O)N(C(=O)CCC(=O)O)C2=O. The Hall–Kier alpha value is -2.70. The van der Waals surface area contributed by atoms with E-state index in [1.807, 2.05) is 0 Å². The van der Waals surface area contributed by atoms with Crippen molar-refractivity contribution in [2.24, 2.45) is 0 Å². The smallest absolute Gasteiger partial charge is 0.303 e. The summed E-state index contributed by atoms with van der Waals surface area (Å²) in [7, 11) is 0. The third kappa shape index (κ3) is 2.05. The highest BCUT2D eigenvalue weighted by atomic mass is 16.4. The van der Waals surface area contributed by atoms with Crippen LogP contribution in [0.2, 0.25) is 0 Å². The fraction of sp³-hybridized carbons (Fsp3) is 0.167. The second-order valence-electron chi connectivity index (χ2n) is 4.00. The van der Waals surface area contributed by atoms with Crippen LogP contribution in [0.15, 0.2) is 18.2 Å². The van der Waals surface area contributed by atoms with Gasteiger partial charge in [0.1, 0.15) is 0 Å². The average Bonchev–Trinajstić information content (AvgIpc) is 2.60. The molecule has 0 fully saturated rings. The molecule has 0 radical (unpaired) electrons. The van der Waals surface area contributed by atoms with Gasteiger partial charge in [0.25, 0.3) is 11.8 Å². The second-order valence-corrected chi connectivity index (χ2v) is 4.00. The van der Waals surface area contributed by atoms with E-state index in [0.717, 1.165) is 0 Å². The van der Waals surface area contributed by atoms with Gasteiger partial charge in [-0.15, -0.1) is 0 Å². The number of imide groups is 3. The number of hydrogen-bond acceptors (Lipinski definition) is 5. The number of amides is 3. The van der Waals surface area contributed by atoms with Gasteiger partial charge >= 0.3 is 5.97 Å². The summed E-state index contributed by atoms with van der Waals surface area (Å²) in [6.07, 6.45) is -0.859. The lowest BCUT2D eigenvalue weighted by Crippen LogP contribution is -2.36. The van der Waals surface area contributed by atoms with Crippen LogP contribution in [-0.2, 0) is 9.59 Å². The number of carbonyl (C=O) groups excluding carboxylic acids is 3. The summed E-state index contributed by atoms with van der Waals surface area (Å²) in [5.74, 6) is -3.58. The van der Waals surface area contributed by atoms with E-state index >= 15 is 0 Å². The lowest BCUT2D eigenvalue weighted by molar-refractivity contribution is -0.139. The number of aliphatic carboxylic acids is 1. The van der Waals surface area contributed by atoms with Crippen molar-refractivity contribution in [1.29, 1.82) is 0 Å². The molecule has 98 valence electrons. The first kappa shape index (κ1) is 12.7. The number of nitrogens with zero attached hydrogens (tertiary/aromatic N) is 1. The van der Waals surface area contributed by atoms with Crippen molar-refractivity contribution in [2.75, 3.05) is 5.73 Å². The van der Waals surface area contributed by atoms with E-state index in [1.165, 1.54) is 18.2 Å². The number of benzene rings is 1. The highest BCUT2D eigenvalue weighted by molar-refractivity contribution is 6.30. The van der Waals surface area contributed by atoms with E-state index in [2.05, 4.69) is 0 Å². The third-order valence-electron chi connectivity index (χ3n) is 2.75. The molecule has 0 aliphatic carbocycles. The summed E-state index contributed by atoms with van der Waals surface area (Å²) in [4.78, 5) is 46.5. The summed E-state index contributed by atoms with van der Waals surface area (Å²) < 4.78 is 0. The maximum absolute atomic E-state index is 12.0. The Kier molecular flexibility index (Phi) is 3.04. The molecular weight excluding hydrogens is 252 g/mol. The van der Waals surface area contributed by atoms with Crippen LogP contribution in [0, 0.1) is 0 Å². The second kappa shape index (κ2) is 4.52. The average molecular weight is 262 g/mol. The molecule has 7 nitrogen and oxygen atoms in total. The largest absolute Gasteiger partial charge is 0.481 e. The minimum atomic E-state index is -1.18. The third-order valence-corrected chi connectivity index (χ3v) is 2.75. The van der Waals surface area contributed by atoms with Gasteiger partial charge in [0.15, 0.2) is 0 Å². The summed E-state index contributed by atoms with van der Waals surface area (Å²) >= 11 is 0. The first-order valence-corrected chi connectivity index (χ1v) is 5.45. The van der Waals surface area contributed by atoms with Crippen molar-refractivity contribution in [1.82, 2.24) is 4.90 Å². The molecule has 0 saturated heterocycles. The highest BCUT2D eigenvalue weighted by Crippen LogP contribution is 2.28. The predicted molar refractivity (Wildman–Crippen MR) is 63.2 cm³/mol. The number of carbonyl (C=O) groups is 4. The van der Waals surface area contributed by atoms with Crippen molar-refractivity contribution in [3.05, 3.63) is 29.3 Å². The molecular formula is C12H10N2O5. The summed E-state index contributed by atoms with van der Waals surface area (Å²) in [6, 6.07) is 4.36. The summed E-state index contributed by atoms with van der Waals surface area (Å²) in [5.41, 5.74) is 5.78. The Labute approximate surface area is 107 Å². The molecule has 0 unspecified atom stereocenters. The lowest BCUT2D eigenvalue weighted by atomic mass is 10.1. The van der Waals surface area contributed by atoms with Crippen LogP contribution >= 0.6 is 0 Å². The Morgan fingerprint density at radius 2 is 1.84 bits per heavy atom. The fourth-order valence-corrected chi connectivity index (χ4v) is 1.86. The van der Waals surface area contributed by atoms with Gasteiger partial charge in [-0.25, -0.2) is 4.90 Å². The van der Waals surface area contributed by atoms with Crippen molar-refractivity contribution >= 4 is 29.4 Å². The number of fused-ring (bicyclic) bond motifs is 1. The summed E-state index contributed by atoms with van der Waals surface area (Å²) in [5, 5.41) is 8.49. The number of carboxylic acid groups (broad SMARTS) is 1. The molecule has 0 saturated carbocycles. The van der Waals surface area contributed by atoms with Crippen LogP contribution in [0.4, 0.5) is 5.69 Å². The predicted octanol–water partition coefficient (Wildman–Crippen LogP) is 0.256. The maximum Gasteiger partial charge on any atom is 0.303 e. The Morgan fingerprint density at radius 3 is 2.42 bits per heavy atom. The van der Waals surface area contributed by atoms with Gasteiger partial charge in [-0.2, -0.15) is 0 Å². The van der Waals surface area contributed by atoms with Gasteiger partial charge < -0.3 is 10.8 Å². The Morgan fingerprint density at radius 1 is 1.16 bits per heavy atom. The molecule has 0 spiro atoms. The molecule has 19 heavy (non-hydrogen) atoms. The van der Waals surface area contributed by atoms with E-state index in [0.29, 0.717) is 4.90 Å². The van der Waals surface area contributed by atoms with E-state index in [4.69, 9.17) is 10.8 Å². The van der Waals surface area contributed by atoms with Crippen molar-refractivity contribution in [3.8, 4) is 0 Å². The number of rotatable bonds is 3. The van der Waals surface area contributed by atoms with Crippen molar-refractivity contribution < 1.29 is 24.3 Å². The summed E-state index contributed by atoms with van der Waals surface area (Å²) in [6.45, 7) is 0. The van der Waals surface area contributed by atoms with Crippen molar-refractivity contribution in [3.63, 3.8) is 0 Å². The highest BCUT2D eigenvalue weighted by Gasteiger charge is 2.40. The molecule has 3 amide bonds. The molecule has 1 aliphatic heterocycles. The van der Waals surface area contributed by atoms with E-state index in [9.17, 15) is 19.2 Å². The fourth-order valence-electron chi connectivity index (χ4n) is 1.86. The normalized spacial score (nSPS) is 13.6. The molecule has 3 N–H and O–H groups in total. The van der Waals surface area contributed by atoms with Gasteiger partial charge in [-0.3, -0.25) is 19.2 Å². The van der Waals surface area contributed by atoms with E-state index < -0.39 is 36.5 Å². The standard InChI is InChI=1S/C12H10N2O5/c13-7-3-1-2-6-10(7)12(19)14(11(6)18)8(15)4-5-9(16)17/h1-3H,4-5,13H2,(H,16,17). The zero-order chi connectivity index (χ0) is 14.2. The monoisotopic (exact) mass is 262 g/mol.